The van der Waals surface area contributed by atoms with E-state index in [0.717, 1.165) is 5.57 Å². The molecule has 1 heterocycles. The van der Waals surface area contributed by atoms with Crippen molar-refractivity contribution in [2.24, 2.45) is 17.8 Å². The number of allylic oxidation sites excluding steroid dienone is 6. The lowest BCUT2D eigenvalue weighted by atomic mass is 9.59. The first-order chi connectivity index (χ1) is 19.1. The molecule has 8 nitrogen and oxygen atoms in total. The number of carbonyl (C=O) groups is 5. The molecule has 202 valence electrons. The molecule has 0 radical (unpaired) electrons. The molecule has 0 saturated carbocycles. The van der Waals surface area contributed by atoms with Gasteiger partial charge in [0.05, 0.1) is 24.6 Å². The van der Waals surface area contributed by atoms with Gasteiger partial charge < -0.3 is 9.84 Å². The molecule has 2 amide bonds. The van der Waals surface area contributed by atoms with Gasteiger partial charge in [-0.3, -0.25) is 28.9 Å². The number of ketones is 3. The second kappa shape index (κ2) is 9.26. The van der Waals surface area contributed by atoms with Gasteiger partial charge in [-0.25, -0.2) is 0 Å². The van der Waals surface area contributed by atoms with Crippen LogP contribution in [0.3, 0.4) is 0 Å². The molecule has 6 rings (SSSR count). The van der Waals surface area contributed by atoms with Crippen LogP contribution in [0.2, 0.25) is 0 Å². The Hall–Kier alpha value is -4.59. The quantitative estimate of drug-likeness (QED) is 0.268. The molecule has 1 saturated heterocycles. The number of amides is 2. The Kier molecular flexibility index (Phi) is 5.94. The van der Waals surface area contributed by atoms with Crippen LogP contribution in [0, 0.1) is 17.8 Å². The highest BCUT2D eigenvalue weighted by Crippen LogP contribution is 2.57. The molecule has 1 N–H and O–H groups in total. The van der Waals surface area contributed by atoms with Crippen LogP contribution in [-0.4, -0.2) is 41.4 Å². The van der Waals surface area contributed by atoms with Crippen molar-refractivity contribution < 1.29 is 33.8 Å². The Morgan fingerprint density at radius 1 is 1.00 bits per heavy atom. The third-order valence-electron chi connectivity index (χ3n) is 8.66. The summed E-state index contributed by atoms with van der Waals surface area (Å²) >= 11 is 0. The van der Waals surface area contributed by atoms with E-state index in [4.69, 9.17) is 4.74 Å². The number of fused-ring (bicyclic) bond motifs is 3. The molecule has 8 heteroatoms. The van der Waals surface area contributed by atoms with E-state index in [1.165, 1.54) is 25.0 Å². The normalized spacial score (nSPS) is 25.7. The van der Waals surface area contributed by atoms with Crippen LogP contribution in [0.4, 0.5) is 5.69 Å². The van der Waals surface area contributed by atoms with Gasteiger partial charge in [0, 0.05) is 33.8 Å². The SMILES string of the molecule is COc1cccc([C@H]2C3=CC[C@@H]4C(=O)N(c5ccc(C(C)=O)cc5)C(=O)[C@@H]4[C@@H]3CC3=C2C(=O)C(C)=CC3=O)c1O. The number of para-hydroxylation sites is 1. The lowest BCUT2D eigenvalue weighted by Crippen LogP contribution is -2.39. The van der Waals surface area contributed by atoms with E-state index in [9.17, 15) is 29.1 Å². The molecule has 40 heavy (non-hydrogen) atoms. The van der Waals surface area contributed by atoms with Gasteiger partial charge in [-0.2, -0.15) is 0 Å². The summed E-state index contributed by atoms with van der Waals surface area (Å²) in [5.41, 5.74) is 2.95. The van der Waals surface area contributed by atoms with E-state index in [1.54, 1.807) is 49.4 Å². The Morgan fingerprint density at radius 3 is 2.40 bits per heavy atom. The number of nitrogens with zero attached hydrogens (tertiary/aromatic N) is 1. The molecule has 2 aromatic rings. The van der Waals surface area contributed by atoms with E-state index >= 15 is 0 Å². The van der Waals surface area contributed by atoms with Gasteiger partial charge in [-0.05, 0) is 69.0 Å². The van der Waals surface area contributed by atoms with Crippen molar-refractivity contribution in [1.29, 1.82) is 0 Å². The molecule has 0 bridgehead atoms. The fourth-order valence-electron chi connectivity index (χ4n) is 6.75. The summed E-state index contributed by atoms with van der Waals surface area (Å²) < 4.78 is 5.33. The Bertz CT molecular complexity index is 1620. The van der Waals surface area contributed by atoms with E-state index in [1.807, 2.05) is 6.08 Å². The standard InChI is InChI=1S/C32H27NO7/c1-15-13-24(35)23-14-22-19(26(28(23)29(15)36)20-5-4-6-25(40-3)30(20)37)11-12-21-27(22)32(39)33(31(21)38)18-9-7-17(8-10-18)16(2)34/h4-11,13,21-22,26-27,37H,12,14H2,1-3H3/t21-,22+,26+,27-/m0/s1. The summed E-state index contributed by atoms with van der Waals surface area (Å²) in [7, 11) is 1.43. The van der Waals surface area contributed by atoms with Crippen LogP contribution in [0.25, 0.3) is 0 Å². The van der Waals surface area contributed by atoms with Crippen molar-refractivity contribution in [3.05, 3.63) is 88.0 Å². The summed E-state index contributed by atoms with van der Waals surface area (Å²) in [6.45, 7) is 3.04. The minimum absolute atomic E-state index is 0.123. The van der Waals surface area contributed by atoms with Crippen LogP contribution in [-0.2, 0) is 19.2 Å². The lowest BCUT2D eigenvalue weighted by Gasteiger charge is -2.42. The lowest BCUT2D eigenvalue weighted by molar-refractivity contribution is -0.123. The topological polar surface area (TPSA) is 118 Å². The summed E-state index contributed by atoms with van der Waals surface area (Å²) in [5.74, 6) is -3.96. The van der Waals surface area contributed by atoms with Gasteiger partial charge in [-0.1, -0.05) is 23.8 Å². The summed E-state index contributed by atoms with van der Waals surface area (Å²) in [5, 5.41) is 11.1. The number of Topliss-reactive ketones (excluding diaryl/α,β-unsaturated/α-hetero) is 2. The molecular formula is C32H27NO7. The van der Waals surface area contributed by atoms with Crippen molar-refractivity contribution in [3.8, 4) is 11.5 Å². The van der Waals surface area contributed by atoms with E-state index < -0.39 is 23.7 Å². The first kappa shape index (κ1) is 25.7. The second-order valence-electron chi connectivity index (χ2n) is 10.7. The second-order valence-corrected chi connectivity index (χ2v) is 10.7. The van der Waals surface area contributed by atoms with Crippen molar-refractivity contribution in [2.75, 3.05) is 12.0 Å². The number of rotatable bonds is 4. The van der Waals surface area contributed by atoms with Gasteiger partial charge in [0.15, 0.2) is 28.8 Å². The fraction of sp³-hybridized carbons (Fsp3) is 0.281. The van der Waals surface area contributed by atoms with Crippen LogP contribution in [0.1, 0.15) is 48.5 Å². The number of carbonyl (C=O) groups excluding carboxylic acids is 5. The first-order valence-corrected chi connectivity index (χ1v) is 13.2. The van der Waals surface area contributed by atoms with Crippen molar-refractivity contribution >= 4 is 34.9 Å². The molecule has 0 spiro atoms. The van der Waals surface area contributed by atoms with Crippen molar-refractivity contribution in [2.45, 2.75) is 32.6 Å². The molecule has 4 aliphatic rings. The van der Waals surface area contributed by atoms with Gasteiger partial charge in [-0.15, -0.1) is 0 Å². The largest absolute Gasteiger partial charge is 0.504 e. The summed E-state index contributed by atoms with van der Waals surface area (Å²) in [6, 6.07) is 11.4. The van der Waals surface area contributed by atoms with Gasteiger partial charge in [0.25, 0.3) is 0 Å². The van der Waals surface area contributed by atoms with Gasteiger partial charge in [0.1, 0.15) is 0 Å². The summed E-state index contributed by atoms with van der Waals surface area (Å²) in [6.07, 6.45) is 3.65. The number of methoxy groups -OCH3 is 1. The number of phenols is 1. The highest BCUT2D eigenvalue weighted by Gasteiger charge is 2.56. The number of anilines is 1. The molecule has 0 aromatic heterocycles. The molecule has 4 atom stereocenters. The zero-order valence-electron chi connectivity index (χ0n) is 22.3. The smallest absolute Gasteiger partial charge is 0.238 e. The molecule has 1 aliphatic heterocycles. The molecular weight excluding hydrogens is 510 g/mol. The van der Waals surface area contributed by atoms with Crippen molar-refractivity contribution in [3.63, 3.8) is 0 Å². The number of hydrogen-bond acceptors (Lipinski definition) is 7. The number of hydrogen-bond donors (Lipinski definition) is 1. The minimum Gasteiger partial charge on any atom is -0.504 e. The number of imide groups is 1. The molecule has 2 aromatic carbocycles. The van der Waals surface area contributed by atoms with Crippen molar-refractivity contribution in [1.82, 2.24) is 0 Å². The van der Waals surface area contributed by atoms with E-state index in [0.29, 0.717) is 33.5 Å². The average Bonchev–Trinajstić information content (AvgIpc) is 3.20. The zero-order chi connectivity index (χ0) is 28.5. The maximum absolute atomic E-state index is 14.0. The van der Waals surface area contributed by atoms with Crippen LogP contribution < -0.4 is 9.64 Å². The number of benzene rings is 2. The Balaban J connectivity index is 1.47. The molecule has 1 fully saturated rings. The van der Waals surface area contributed by atoms with E-state index in [2.05, 4.69) is 0 Å². The molecule has 0 unspecified atom stereocenters. The van der Waals surface area contributed by atoms with Crippen LogP contribution >= 0.6 is 0 Å². The fourth-order valence-corrected chi connectivity index (χ4v) is 6.75. The molecule has 3 aliphatic carbocycles. The average molecular weight is 538 g/mol. The zero-order valence-corrected chi connectivity index (χ0v) is 22.3. The highest BCUT2D eigenvalue weighted by atomic mass is 16.5. The van der Waals surface area contributed by atoms with Gasteiger partial charge in [0.2, 0.25) is 11.8 Å². The predicted octanol–water partition coefficient (Wildman–Crippen LogP) is 4.24. The maximum atomic E-state index is 14.0. The first-order valence-electron chi connectivity index (χ1n) is 13.2. The van der Waals surface area contributed by atoms with Gasteiger partial charge >= 0.3 is 0 Å². The Morgan fingerprint density at radius 2 is 1.73 bits per heavy atom. The third-order valence-corrected chi connectivity index (χ3v) is 8.66. The number of aromatic hydroxyl groups is 1. The monoisotopic (exact) mass is 537 g/mol. The number of phenolic OH excluding ortho intramolecular Hbond substituents is 1. The van der Waals surface area contributed by atoms with Crippen LogP contribution in [0.5, 0.6) is 11.5 Å². The Labute approximate surface area is 230 Å². The predicted molar refractivity (Wildman–Crippen MR) is 145 cm³/mol. The third kappa shape index (κ3) is 3.62. The highest BCUT2D eigenvalue weighted by molar-refractivity contribution is 6.25. The minimum atomic E-state index is -0.767. The van der Waals surface area contributed by atoms with Crippen LogP contribution in [0.15, 0.2) is 76.9 Å². The summed E-state index contributed by atoms with van der Waals surface area (Å²) in [4.78, 5) is 67.2. The maximum Gasteiger partial charge on any atom is 0.238 e. The van der Waals surface area contributed by atoms with E-state index in [-0.39, 0.29) is 53.5 Å². The number of ether oxygens (including phenoxy) is 1.